The largest absolute Gasteiger partial charge is 0.409 e. The summed E-state index contributed by atoms with van der Waals surface area (Å²) in [6, 6.07) is 7.30. The third-order valence-corrected chi connectivity index (χ3v) is 3.30. The number of nitrogens with one attached hydrogen (secondary N) is 1. The number of aromatic nitrogens is 3. The van der Waals surface area contributed by atoms with Crippen LogP contribution in [-0.4, -0.2) is 39.0 Å². The fourth-order valence-electron chi connectivity index (χ4n) is 2.30. The van der Waals surface area contributed by atoms with E-state index in [4.69, 9.17) is 0 Å². The average molecular weight is 289 g/mol. The van der Waals surface area contributed by atoms with Crippen molar-refractivity contribution >= 4 is 22.8 Å². The molecule has 0 aliphatic heterocycles. The number of hydrogen-bond acceptors (Lipinski definition) is 5. The molecular formula is C14H19N5O2. The second kappa shape index (κ2) is 5.51. The zero-order valence-corrected chi connectivity index (χ0v) is 12.5. The Kier molecular flexibility index (Phi) is 3.93. The van der Waals surface area contributed by atoms with Crippen LogP contribution in [0.15, 0.2) is 29.4 Å². The molecule has 0 bridgehead atoms. The van der Waals surface area contributed by atoms with Gasteiger partial charge >= 0.3 is 0 Å². The van der Waals surface area contributed by atoms with E-state index in [0.717, 1.165) is 0 Å². The topological polar surface area (TPSA) is 92.4 Å². The highest BCUT2D eigenvalue weighted by Gasteiger charge is 2.38. The van der Waals surface area contributed by atoms with Crippen molar-refractivity contribution in [3.8, 4) is 0 Å². The Morgan fingerprint density at radius 1 is 1.38 bits per heavy atom. The SMILES string of the molecule is CNC(=O)C(C(=NO)n1nnc2ccccc21)C(C)(C)C. The minimum absolute atomic E-state index is 0.149. The Balaban J connectivity index is 2.59. The predicted molar refractivity (Wildman–Crippen MR) is 79.2 cm³/mol. The van der Waals surface area contributed by atoms with Gasteiger partial charge in [-0.15, -0.1) is 5.10 Å². The number of oxime groups is 1. The van der Waals surface area contributed by atoms with Gasteiger partial charge in [-0.25, -0.2) is 0 Å². The first kappa shape index (κ1) is 15.0. The highest BCUT2D eigenvalue weighted by molar-refractivity contribution is 6.06. The second-order valence-corrected chi connectivity index (χ2v) is 5.86. The van der Waals surface area contributed by atoms with E-state index in [1.165, 1.54) is 4.68 Å². The van der Waals surface area contributed by atoms with E-state index in [0.29, 0.717) is 11.0 Å². The molecule has 21 heavy (non-hydrogen) atoms. The van der Waals surface area contributed by atoms with Crippen LogP contribution >= 0.6 is 0 Å². The van der Waals surface area contributed by atoms with Gasteiger partial charge in [0.2, 0.25) is 5.91 Å². The smallest absolute Gasteiger partial charge is 0.231 e. The Hall–Kier alpha value is -2.44. The minimum Gasteiger partial charge on any atom is -0.409 e. The number of benzene rings is 1. The number of carbonyl (C=O) groups excluding carboxylic acids is 1. The van der Waals surface area contributed by atoms with Gasteiger partial charge < -0.3 is 10.5 Å². The molecule has 0 saturated heterocycles. The summed E-state index contributed by atoms with van der Waals surface area (Å²) in [5.41, 5.74) is 0.904. The maximum absolute atomic E-state index is 12.2. The van der Waals surface area contributed by atoms with Crippen molar-refractivity contribution < 1.29 is 10.0 Å². The molecule has 112 valence electrons. The molecular weight excluding hydrogens is 270 g/mol. The summed E-state index contributed by atoms with van der Waals surface area (Å²) >= 11 is 0. The third-order valence-electron chi connectivity index (χ3n) is 3.30. The van der Waals surface area contributed by atoms with Crippen molar-refractivity contribution in [3.05, 3.63) is 24.3 Å². The van der Waals surface area contributed by atoms with E-state index in [9.17, 15) is 10.0 Å². The molecule has 0 radical (unpaired) electrons. The van der Waals surface area contributed by atoms with Crippen molar-refractivity contribution in [2.24, 2.45) is 16.5 Å². The number of nitrogens with zero attached hydrogens (tertiary/aromatic N) is 4. The zero-order chi connectivity index (χ0) is 15.6. The fourth-order valence-corrected chi connectivity index (χ4v) is 2.30. The molecule has 2 N–H and O–H groups in total. The van der Waals surface area contributed by atoms with Crippen LogP contribution < -0.4 is 5.32 Å². The van der Waals surface area contributed by atoms with Crippen molar-refractivity contribution in [1.82, 2.24) is 20.3 Å². The molecule has 2 aromatic rings. The van der Waals surface area contributed by atoms with Crippen molar-refractivity contribution in [1.29, 1.82) is 0 Å². The van der Waals surface area contributed by atoms with Crippen molar-refractivity contribution in [3.63, 3.8) is 0 Å². The standard InChI is InChI=1S/C14H19N5O2/c1-14(2,3)11(13(20)15-4)12(17-21)19-10-8-6-5-7-9(10)16-18-19/h5-8,11,21H,1-4H3,(H,15,20). The highest BCUT2D eigenvalue weighted by Crippen LogP contribution is 2.29. The summed E-state index contributed by atoms with van der Waals surface area (Å²) < 4.78 is 1.40. The van der Waals surface area contributed by atoms with E-state index in [1.54, 1.807) is 13.1 Å². The molecule has 1 unspecified atom stereocenters. The number of hydrogen-bond donors (Lipinski definition) is 2. The molecule has 1 aromatic carbocycles. The van der Waals surface area contributed by atoms with Crippen LogP contribution in [0.2, 0.25) is 0 Å². The zero-order valence-electron chi connectivity index (χ0n) is 12.5. The third kappa shape index (κ3) is 2.72. The van der Waals surface area contributed by atoms with E-state index in [-0.39, 0.29) is 11.7 Å². The predicted octanol–water partition coefficient (Wildman–Crippen LogP) is 1.48. The molecule has 1 atom stereocenters. The lowest BCUT2D eigenvalue weighted by molar-refractivity contribution is -0.125. The molecule has 0 aliphatic carbocycles. The summed E-state index contributed by atoms with van der Waals surface area (Å²) in [6.45, 7) is 5.70. The number of para-hydroxylation sites is 1. The van der Waals surface area contributed by atoms with Crippen LogP contribution in [-0.2, 0) is 4.79 Å². The summed E-state index contributed by atoms with van der Waals surface area (Å²) in [4.78, 5) is 12.2. The summed E-state index contributed by atoms with van der Waals surface area (Å²) in [6.07, 6.45) is 0. The molecule has 1 heterocycles. The molecule has 0 aliphatic rings. The van der Waals surface area contributed by atoms with Gasteiger partial charge in [-0.1, -0.05) is 43.3 Å². The van der Waals surface area contributed by atoms with E-state index < -0.39 is 11.3 Å². The quantitative estimate of drug-likeness (QED) is 0.379. The summed E-state index contributed by atoms with van der Waals surface area (Å²) in [7, 11) is 1.55. The van der Waals surface area contributed by atoms with Crippen LogP contribution in [0, 0.1) is 11.3 Å². The monoisotopic (exact) mass is 289 g/mol. The van der Waals surface area contributed by atoms with Crippen molar-refractivity contribution in [2.45, 2.75) is 20.8 Å². The first-order chi connectivity index (χ1) is 9.90. The van der Waals surface area contributed by atoms with Crippen LogP contribution in [0.5, 0.6) is 0 Å². The molecule has 0 spiro atoms. The fraction of sp³-hybridized carbons (Fsp3) is 0.429. The van der Waals surface area contributed by atoms with Crippen LogP contribution in [0.3, 0.4) is 0 Å². The number of amides is 1. The molecule has 2 rings (SSSR count). The first-order valence-electron chi connectivity index (χ1n) is 6.64. The normalized spacial score (nSPS) is 14.2. The lowest BCUT2D eigenvalue weighted by Crippen LogP contribution is -2.44. The van der Waals surface area contributed by atoms with E-state index >= 15 is 0 Å². The van der Waals surface area contributed by atoms with E-state index in [1.807, 2.05) is 39.0 Å². The Morgan fingerprint density at radius 2 is 2.05 bits per heavy atom. The van der Waals surface area contributed by atoms with Crippen LogP contribution in [0.25, 0.3) is 11.0 Å². The maximum Gasteiger partial charge on any atom is 0.231 e. The Bertz CT molecular complexity index is 684. The molecule has 1 aromatic heterocycles. The van der Waals surface area contributed by atoms with Gasteiger partial charge in [0.05, 0.1) is 5.52 Å². The van der Waals surface area contributed by atoms with Crippen LogP contribution in [0.1, 0.15) is 20.8 Å². The van der Waals surface area contributed by atoms with Crippen molar-refractivity contribution in [2.75, 3.05) is 7.05 Å². The molecule has 0 fully saturated rings. The van der Waals surface area contributed by atoms with Gasteiger partial charge in [0, 0.05) is 7.05 Å². The number of rotatable bonds is 2. The Labute approximate surface area is 122 Å². The van der Waals surface area contributed by atoms with E-state index in [2.05, 4.69) is 20.8 Å². The lowest BCUT2D eigenvalue weighted by Gasteiger charge is -2.29. The van der Waals surface area contributed by atoms with Gasteiger partial charge in [0.15, 0.2) is 5.84 Å². The lowest BCUT2D eigenvalue weighted by atomic mass is 9.79. The maximum atomic E-state index is 12.2. The summed E-state index contributed by atoms with van der Waals surface area (Å²) in [5, 5.41) is 23.4. The molecule has 7 heteroatoms. The highest BCUT2D eigenvalue weighted by atomic mass is 16.4. The van der Waals surface area contributed by atoms with Gasteiger partial charge in [-0.2, -0.15) is 4.68 Å². The van der Waals surface area contributed by atoms with Gasteiger partial charge in [-0.05, 0) is 17.5 Å². The van der Waals surface area contributed by atoms with Crippen LogP contribution in [0.4, 0.5) is 0 Å². The molecule has 7 nitrogen and oxygen atoms in total. The Morgan fingerprint density at radius 3 is 2.62 bits per heavy atom. The minimum atomic E-state index is -0.669. The number of fused-ring (bicyclic) bond motifs is 1. The number of carbonyl (C=O) groups is 1. The summed E-state index contributed by atoms with van der Waals surface area (Å²) in [5.74, 6) is -0.761. The molecule has 0 saturated carbocycles. The van der Waals surface area contributed by atoms with Gasteiger partial charge in [-0.3, -0.25) is 4.79 Å². The van der Waals surface area contributed by atoms with Gasteiger partial charge in [0.1, 0.15) is 11.4 Å². The first-order valence-corrected chi connectivity index (χ1v) is 6.64. The second-order valence-electron chi connectivity index (χ2n) is 5.86. The molecule has 1 amide bonds. The average Bonchev–Trinajstić information content (AvgIpc) is 2.86. The van der Waals surface area contributed by atoms with Gasteiger partial charge in [0.25, 0.3) is 0 Å².